The molecule has 0 saturated heterocycles. The van der Waals surface area contributed by atoms with Crippen LogP contribution in [0.3, 0.4) is 0 Å². The average Bonchev–Trinajstić information content (AvgIpc) is 3.62. The molecule has 1 fully saturated rings. The van der Waals surface area contributed by atoms with Crippen molar-refractivity contribution in [3.05, 3.63) is 71.2 Å². The summed E-state index contributed by atoms with van der Waals surface area (Å²) in [6, 6.07) is 12.8. The van der Waals surface area contributed by atoms with Gasteiger partial charge in [0.05, 0.1) is 18.9 Å². The Labute approximate surface area is 188 Å². The minimum atomic E-state index is -1.08. The van der Waals surface area contributed by atoms with E-state index in [0.717, 1.165) is 18.5 Å². The number of oxime groups is 1. The molecule has 2 aromatic rings. The lowest BCUT2D eigenvalue weighted by Gasteiger charge is -2.17. The summed E-state index contributed by atoms with van der Waals surface area (Å²) in [5.74, 6) is -0.00434. The van der Waals surface area contributed by atoms with Crippen molar-refractivity contribution in [3.8, 4) is 0 Å². The van der Waals surface area contributed by atoms with Gasteiger partial charge in [0.15, 0.2) is 6.10 Å². The largest absolute Gasteiger partial charge is 0.498 e. The summed E-state index contributed by atoms with van der Waals surface area (Å²) in [5, 5.41) is 14.3. The molecule has 1 aliphatic carbocycles. The van der Waals surface area contributed by atoms with E-state index in [1.165, 1.54) is 0 Å². The molecule has 0 amide bonds. The normalized spacial score (nSPS) is 15.5. The van der Waals surface area contributed by atoms with Crippen LogP contribution in [0.2, 0.25) is 0 Å². The number of benzene rings is 1. The van der Waals surface area contributed by atoms with Crippen LogP contribution < -0.4 is 0 Å². The summed E-state index contributed by atoms with van der Waals surface area (Å²) in [5.41, 5.74) is 1.85. The first-order chi connectivity index (χ1) is 15.5. The Kier molecular flexibility index (Phi) is 8.25. The fraction of sp³-hybridized carbons (Fsp3) is 0.400. The number of pyridine rings is 1. The van der Waals surface area contributed by atoms with Crippen LogP contribution in [-0.4, -0.2) is 35.2 Å². The van der Waals surface area contributed by atoms with Gasteiger partial charge < -0.3 is 19.4 Å². The van der Waals surface area contributed by atoms with Crippen LogP contribution >= 0.6 is 0 Å². The van der Waals surface area contributed by atoms with Crippen LogP contribution in [0.1, 0.15) is 63.0 Å². The number of carboxylic acid groups (broad SMARTS) is 1. The van der Waals surface area contributed by atoms with Crippen molar-refractivity contribution in [1.29, 1.82) is 0 Å². The lowest BCUT2D eigenvalue weighted by molar-refractivity contribution is -0.130. The van der Waals surface area contributed by atoms with Gasteiger partial charge in [-0.1, -0.05) is 31.2 Å². The molecule has 3 rings (SSSR count). The molecule has 32 heavy (non-hydrogen) atoms. The Bertz CT molecular complexity index is 967. The van der Waals surface area contributed by atoms with Gasteiger partial charge >= 0.3 is 5.97 Å². The molecular formula is C25H30N2O5. The van der Waals surface area contributed by atoms with Gasteiger partial charge in [-0.05, 0) is 62.4 Å². The van der Waals surface area contributed by atoms with Crippen molar-refractivity contribution in [1.82, 2.24) is 4.98 Å². The predicted molar refractivity (Wildman–Crippen MR) is 122 cm³/mol. The summed E-state index contributed by atoms with van der Waals surface area (Å²) in [7, 11) is 0. The number of allylic oxidation sites excluding steroid dienone is 1. The highest BCUT2D eigenvalue weighted by molar-refractivity contribution is 6.19. The number of aromatic nitrogens is 1. The summed E-state index contributed by atoms with van der Waals surface area (Å²) >= 11 is 0. The first-order valence-electron chi connectivity index (χ1n) is 11.0. The standard InChI is InChI=1S/C25H30N2O5/c1-4-22(21-12-8-9-15-26-21)32-27-24(31-16-18-13-14-18)20-11-7-6-10-19(20)23(25(28)29)17(3)30-5-2/h6-12,15,18,22H,4-5,13-14,16H2,1-3H3,(H,28,29). The predicted octanol–water partition coefficient (Wildman–Crippen LogP) is 5.19. The second kappa shape index (κ2) is 11.3. The molecule has 1 heterocycles. The van der Waals surface area contributed by atoms with E-state index < -0.39 is 5.97 Å². The second-order valence-corrected chi connectivity index (χ2v) is 7.62. The van der Waals surface area contributed by atoms with Gasteiger partial charge in [-0.25, -0.2) is 4.79 Å². The smallest absolute Gasteiger partial charge is 0.339 e. The SMILES string of the molecule is CCOC(C)=C(C(=O)O)c1ccccc1C(=NOC(CC)c1ccccn1)OCC1CC1. The molecular weight excluding hydrogens is 408 g/mol. The van der Waals surface area contributed by atoms with Crippen LogP contribution in [0, 0.1) is 5.92 Å². The van der Waals surface area contributed by atoms with Gasteiger partial charge in [-0.15, -0.1) is 0 Å². The second-order valence-electron chi connectivity index (χ2n) is 7.62. The Morgan fingerprint density at radius 1 is 1.12 bits per heavy atom. The molecule has 1 aromatic carbocycles. The zero-order valence-corrected chi connectivity index (χ0v) is 18.8. The third-order valence-electron chi connectivity index (χ3n) is 5.16. The molecule has 1 N–H and O–H groups in total. The zero-order valence-electron chi connectivity index (χ0n) is 18.8. The maximum Gasteiger partial charge on any atom is 0.339 e. The van der Waals surface area contributed by atoms with E-state index in [-0.39, 0.29) is 17.6 Å². The number of hydrogen-bond donors (Lipinski definition) is 1. The first-order valence-corrected chi connectivity index (χ1v) is 11.0. The molecule has 0 bridgehead atoms. The number of ether oxygens (including phenoxy) is 2. The third kappa shape index (κ3) is 6.09. The number of carboxylic acids is 1. The van der Waals surface area contributed by atoms with E-state index in [4.69, 9.17) is 14.3 Å². The molecule has 0 radical (unpaired) electrons. The highest BCUT2D eigenvalue weighted by atomic mass is 16.7. The van der Waals surface area contributed by atoms with Crippen molar-refractivity contribution >= 4 is 17.4 Å². The Morgan fingerprint density at radius 2 is 1.84 bits per heavy atom. The quantitative estimate of drug-likeness (QED) is 0.171. The molecule has 1 atom stereocenters. The van der Waals surface area contributed by atoms with Crippen LogP contribution in [0.25, 0.3) is 5.57 Å². The van der Waals surface area contributed by atoms with Gasteiger partial charge in [-0.2, -0.15) is 0 Å². The molecule has 1 unspecified atom stereocenters. The van der Waals surface area contributed by atoms with E-state index in [0.29, 0.717) is 42.4 Å². The van der Waals surface area contributed by atoms with Crippen molar-refractivity contribution in [3.63, 3.8) is 0 Å². The molecule has 7 nitrogen and oxygen atoms in total. The molecule has 1 saturated carbocycles. The summed E-state index contributed by atoms with van der Waals surface area (Å²) in [6.07, 6.45) is 4.27. The molecule has 1 aliphatic rings. The molecule has 7 heteroatoms. The van der Waals surface area contributed by atoms with Gasteiger partial charge in [0.25, 0.3) is 5.90 Å². The fourth-order valence-electron chi connectivity index (χ4n) is 3.28. The molecule has 0 aliphatic heterocycles. The lowest BCUT2D eigenvalue weighted by Crippen LogP contribution is -2.16. The van der Waals surface area contributed by atoms with Crippen LogP contribution in [0.5, 0.6) is 0 Å². The minimum Gasteiger partial charge on any atom is -0.498 e. The Balaban J connectivity index is 1.99. The van der Waals surface area contributed by atoms with E-state index in [1.807, 2.05) is 38.1 Å². The van der Waals surface area contributed by atoms with Gasteiger partial charge in [0.1, 0.15) is 11.3 Å². The van der Waals surface area contributed by atoms with E-state index >= 15 is 0 Å². The van der Waals surface area contributed by atoms with Gasteiger partial charge in [0.2, 0.25) is 0 Å². The molecule has 1 aromatic heterocycles. The Hall–Kier alpha value is -3.35. The third-order valence-corrected chi connectivity index (χ3v) is 5.16. The maximum absolute atomic E-state index is 12.1. The monoisotopic (exact) mass is 438 g/mol. The number of aliphatic carboxylic acids is 1. The highest BCUT2D eigenvalue weighted by Crippen LogP contribution is 2.31. The topological polar surface area (TPSA) is 90.2 Å². The van der Waals surface area contributed by atoms with Crippen LogP contribution in [-0.2, 0) is 19.1 Å². The molecule has 0 spiro atoms. The molecule has 170 valence electrons. The van der Waals surface area contributed by atoms with Crippen LogP contribution in [0.15, 0.2) is 59.6 Å². The fourth-order valence-corrected chi connectivity index (χ4v) is 3.28. The number of hydrogen-bond acceptors (Lipinski definition) is 6. The van der Waals surface area contributed by atoms with Crippen molar-refractivity contribution in [2.24, 2.45) is 11.1 Å². The van der Waals surface area contributed by atoms with Gasteiger partial charge in [0, 0.05) is 17.3 Å². The van der Waals surface area contributed by atoms with E-state index in [1.54, 1.807) is 31.3 Å². The summed E-state index contributed by atoms with van der Waals surface area (Å²) in [6.45, 7) is 6.33. The number of carbonyl (C=O) groups is 1. The van der Waals surface area contributed by atoms with Crippen molar-refractivity contribution in [2.45, 2.75) is 46.1 Å². The van der Waals surface area contributed by atoms with E-state index in [9.17, 15) is 9.90 Å². The maximum atomic E-state index is 12.1. The van der Waals surface area contributed by atoms with Crippen molar-refractivity contribution in [2.75, 3.05) is 13.2 Å². The van der Waals surface area contributed by atoms with E-state index in [2.05, 4.69) is 10.1 Å². The first kappa shape index (κ1) is 23.3. The Morgan fingerprint density at radius 3 is 2.44 bits per heavy atom. The average molecular weight is 439 g/mol. The summed E-state index contributed by atoms with van der Waals surface area (Å²) in [4.78, 5) is 22.3. The summed E-state index contributed by atoms with van der Waals surface area (Å²) < 4.78 is 11.6. The number of rotatable bonds is 11. The zero-order chi connectivity index (χ0) is 22.9. The minimum absolute atomic E-state index is 0.0712. The number of nitrogens with zero attached hydrogens (tertiary/aromatic N) is 2. The lowest BCUT2D eigenvalue weighted by atomic mass is 9.98. The highest BCUT2D eigenvalue weighted by Gasteiger charge is 2.26. The van der Waals surface area contributed by atoms with Crippen LogP contribution in [0.4, 0.5) is 0 Å². The van der Waals surface area contributed by atoms with Crippen molar-refractivity contribution < 1.29 is 24.2 Å². The van der Waals surface area contributed by atoms with Gasteiger partial charge in [-0.3, -0.25) is 4.98 Å².